The fourth-order valence-electron chi connectivity index (χ4n) is 4.50. The molecule has 0 saturated heterocycles. The van der Waals surface area contributed by atoms with Gasteiger partial charge in [0.05, 0.1) is 6.67 Å². The second kappa shape index (κ2) is 9.90. The van der Waals surface area contributed by atoms with E-state index < -0.39 is 11.8 Å². The summed E-state index contributed by atoms with van der Waals surface area (Å²) in [5.41, 5.74) is 4.21. The van der Waals surface area contributed by atoms with Crippen LogP contribution in [0.25, 0.3) is 5.57 Å². The van der Waals surface area contributed by atoms with Crippen molar-refractivity contribution in [2.24, 2.45) is 0 Å². The molecule has 2 aliphatic heterocycles. The number of rotatable bonds is 8. The largest absolute Gasteiger partial charge is 0.508 e. The van der Waals surface area contributed by atoms with Crippen molar-refractivity contribution in [1.29, 1.82) is 0 Å². The average Bonchev–Trinajstić information content (AvgIpc) is 2.82. The molecule has 162 valence electrons. The molecule has 1 atom stereocenters. The third-order valence-electron chi connectivity index (χ3n) is 6.16. The number of phenolic OH excluding ortho intramolecular Hbond substituents is 1. The van der Waals surface area contributed by atoms with Crippen molar-refractivity contribution in [1.82, 2.24) is 9.80 Å². The van der Waals surface area contributed by atoms with E-state index in [1.54, 1.807) is 18.2 Å². The number of aromatic hydroxyl groups is 1. The third kappa shape index (κ3) is 5.03. The Kier molecular flexibility index (Phi) is 6.79. The van der Waals surface area contributed by atoms with Crippen LogP contribution in [0.5, 0.6) is 5.75 Å². The van der Waals surface area contributed by atoms with Gasteiger partial charge in [-0.2, -0.15) is 0 Å². The van der Waals surface area contributed by atoms with E-state index in [1.165, 1.54) is 11.1 Å². The van der Waals surface area contributed by atoms with Gasteiger partial charge in [0.1, 0.15) is 11.8 Å². The van der Waals surface area contributed by atoms with E-state index in [0.717, 1.165) is 51.0 Å². The molecule has 0 fully saturated rings. The van der Waals surface area contributed by atoms with Gasteiger partial charge in [0.25, 0.3) is 0 Å². The molecule has 0 radical (unpaired) electrons. The number of unbranched alkanes of at least 4 members (excludes halogenated alkanes) is 1. The highest BCUT2D eigenvalue weighted by Gasteiger charge is 2.32. The van der Waals surface area contributed by atoms with Crippen LogP contribution in [0.2, 0.25) is 0 Å². The predicted octanol–water partition coefficient (Wildman–Crippen LogP) is 3.46. The number of nitrogens with one attached hydrogen (secondary N) is 1. The molecule has 2 aliphatic rings. The zero-order valence-corrected chi connectivity index (χ0v) is 17.7. The van der Waals surface area contributed by atoms with Crippen LogP contribution < -0.4 is 5.32 Å². The molecule has 0 bridgehead atoms. The number of ketones is 1. The molecule has 6 nitrogen and oxygen atoms in total. The molecule has 0 spiro atoms. The molecule has 4 rings (SSSR count). The molecule has 2 N–H and O–H groups in total. The fraction of sp³-hybridized carbons (Fsp3) is 0.360. The molecule has 2 aromatic carbocycles. The average molecular weight is 420 g/mol. The van der Waals surface area contributed by atoms with Crippen LogP contribution >= 0.6 is 0 Å². The first-order valence-corrected chi connectivity index (χ1v) is 10.9. The standard InChI is InChI=1S/C25H29N3O3/c29-17-24(31)25-22-9-8-21(30)16-23(22)26-18-28(25)13-5-4-12-27-14-10-20(11-15-27)19-6-2-1-3-7-19/h1-3,6-10,16-17,25-26,30H,4-5,11-15,18H2. The number of hydrogen-bond donors (Lipinski definition) is 2. The van der Waals surface area contributed by atoms with Gasteiger partial charge < -0.3 is 10.4 Å². The van der Waals surface area contributed by atoms with E-state index in [-0.39, 0.29) is 5.75 Å². The predicted molar refractivity (Wildman–Crippen MR) is 122 cm³/mol. The van der Waals surface area contributed by atoms with Crippen molar-refractivity contribution in [3.8, 4) is 5.75 Å². The van der Waals surface area contributed by atoms with E-state index >= 15 is 0 Å². The summed E-state index contributed by atoms with van der Waals surface area (Å²) >= 11 is 0. The zero-order valence-electron chi connectivity index (χ0n) is 17.7. The summed E-state index contributed by atoms with van der Waals surface area (Å²) in [6, 6.07) is 14.9. The minimum Gasteiger partial charge on any atom is -0.508 e. The van der Waals surface area contributed by atoms with E-state index in [1.807, 2.05) is 11.0 Å². The molecule has 0 saturated carbocycles. The summed E-state index contributed by atoms with van der Waals surface area (Å²) in [5.74, 6) is -0.300. The second-order valence-corrected chi connectivity index (χ2v) is 8.19. The molecule has 0 aromatic heterocycles. The maximum atomic E-state index is 12.3. The van der Waals surface area contributed by atoms with Gasteiger partial charge in [-0.3, -0.25) is 19.4 Å². The quantitative estimate of drug-likeness (QED) is 0.388. The smallest absolute Gasteiger partial charge is 0.216 e. The molecule has 0 aliphatic carbocycles. The lowest BCUT2D eigenvalue weighted by Crippen LogP contribution is -2.42. The van der Waals surface area contributed by atoms with Gasteiger partial charge in [-0.1, -0.05) is 42.5 Å². The van der Waals surface area contributed by atoms with Crippen LogP contribution in [-0.2, 0) is 9.59 Å². The van der Waals surface area contributed by atoms with Gasteiger partial charge in [-0.25, -0.2) is 0 Å². The summed E-state index contributed by atoms with van der Waals surface area (Å²) in [6.07, 6.45) is 5.79. The Morgan fingerprint density at radius 3 is 2.68 bits per heavy atom. The summed E-state index contributed by atoms with van der Waals surface area (Å²) in [6.45, 7) is 4.27. The highest BCUT2D eigenvalue weighted by atomic mass is 16.3. The molecule has 2 aromatic rings. The minimum absolute atomic E-state index is 0.142. The summed E-state index contributed by atoms with van der Waals surface area (Å²) in [4.78, 5) is 28.1. The molecule has 2 heterocycles. The van der Waals surface area contributed by atoms with Gasteiger partial charge >= 0.3 is 0 Å². The summed E-state index contributed by atoms with van der Waals surface area (Å²) < 4.78 is 0. The highest BCUT2D eigenvalue weighted by Crippen LogP contribution is 2.34. The van der Waals surface area contributed by atoms with Crippen LogP contribution in [-0.4, -0.2) is 59.8 Å². The van der Waals surface area contributed by atoms with E-state index in [9.17, 15) is 14.7 Å². The third-order valence-corrected chi connectivity index (χ3v) is 6.16. The Balaban J connectivity index is 1.28. The van der Waals surface area contributed by atoms with Crippen LogP contribution in [0.3, 0.4) is 0 Å². The van der Waals surface area contributed by atoms with E-state index in [0.29, 0.717) is 18.6 Å². The maximum Gasteiger partial charge on any atom is 0.216 e. The summed E-state index contributed by atoms with van der Waals surface area (Å²) in [5, 5.41) is 13.0. The van der Waals surface area contributed by atoms with Gasteiger partial charge in [0.15, 0.2) is 6.29 Å². The first kappa shape index (κ1) is 21.3. The lowest BCUT2D eigenvalue weighted by molar-refractivity contribution is -0.133. The number of benzene rings is 2. The Bertz CT molecular complexity index is 958. The second-order valence-electron chi connectivity index (χ2n) is 8.19. The van der Waals surface area contributed by atoms with Crippen molar-refractivity contribution < 1.29 is 14.7 Å². The van der Waals surface area contributed by atoms with Crippen molar-refractivity contribution in [3.05, 3.63) is 65.7 Å². The Hall–Kier alpha value is -2.96. The molecular weight excluding hydrogens is 390 g/mol. The lowest BCUT2D eigenvalue weighted by Gasteiger charge is -2.36. The normalized spacial score (nSPS) is 19.2. The first-order chi connectivity index (χ1) is 15.2. The van der Waals surface area contributed by atoms with Crippen LogP contribution in [0.1, 0.15) is 36.4 Å². The summed E-state index contributed by atoms with van der Waals surface area (Å²) in [7, 11) is 0. The molecule has 6 heteroatoms. The number of Topliss-reactive ketones (excluding diaryl/α,β-unsaturated/α-hetero) is 1. The minimum atomic E-state index is -0.583. The fourth-order valence-corrected chi connectivity index (χ4v) is 4.50. The van der Waals surface area contributed by atoms with Crippen molar-refractivity contribution in [2.45, 2.75) is 25.3 Å². The van der Waals surface area contributed by atoms with Crippen molar-refractivity contribution >= 4 is 23.3 Å². The number of fused-ring (bicyclic) bond motifs is 1. The molecule has 31 heavy (non-hydrogen) atoms. The number of hydrogen-bond acceptors (Lipinski definition) is 6. The number of nitrogens with zero attached hydrogens (tertiary/aromatic N) is 2. The molecule has 0 amide bonds. The van der Waals surface area contributed by atoms with Crippen LogP contribution in [0.4, 0.5) is 5.69 Å². The lowest BCUT2D eigenvalue weighted by atomic mass is 9.97. The Morgan fingerprint density at radius 1 is 1.13 bits per heavy atom. The monoisotopic (exact) mass is 419 g/mol. The first-order valence-electron chi connectivity index (χ1n) is 10.9. The van der Waals surface area contributed by atoms with Crippen molar-refractivity contribution in [2.75, 3.05) is 38.2 Å². The van der Waals surface area contributed by atoms with E-state index in [4.69, 9.17) is 0 Å². The van der Waals surface area contributed by atoms with Gasteiger partial charge in [0, 0.05) is 37.0 Å². The molecular formula is C25H29N3O3. The van der Waals surface area contributed by atoms with Gasteiger partial charge in [-0.05, 0) is 43.0 Å². The van der Waals surface area contributed by atoms with Crippen LogP contribution in [0.15, 0.2) is 54.6 Å². The van der Waals surface area contributed by atoms with Crippen LogP contribution in [0, 0.1) is 0 Å². The number of carbonyl (C=O) groups excluding carboxylic acids is 2. The molecule has 1 unspecified atom stereocenters. The van der Waals surface area contributed by atoms with E-state index in [2.05, 4.69) is 40.6 Å². The number of anilines is 1. The SMILES string of the molecule is O=CC(=O)C1c2ccc(O)cc2NCN1CCCCN1CC=C(c2ccccc2)CC1. The number of aldehydes is 1. The Morgan fingerprint density at radius 2 is 1.94 bits per heavy atom. The maximum absolute atomic E-state index is 12.3. The number of phenols is 1. The van der Waals surface area contributed by atoms with Crippen molar-refractivity contribution in [3.63, 3.8) is 0 Å². The highest BCUT2D eigenvalue weighted by molar-refractivity contribution is 6.27. The topological polar surface area (TPSA) is 72.9 Å². The zero-order chi connectivity index (χ0) is 21.6. The van der Waals surface area contributed by atoms with Gasteiger partial charge in [0.2, 0.25) is 5.78 Å². The Labute approximate surface area is 183 Å². The van der Waals surface area contributed by atoms with Gasteiger partial charge in [-0.15, -0.1) is 0 Å². The number of carbonyl (C=O) groups is 2.